The molecule has 2 rings (SSSR count). The third-order valence-corrected chi connectivity index (χ3v) is 5.05. The lowest BCUT2D eigenvalue weighted by Gasteiger charge is -2.11. The number of hydrogen-bond donors (Lipinski definition) is 2. The Kier molecular flexibility index (Phi) is 6.46. The predicted octanol–water partition coefficient (Wildman–Crippen LogP) is 2.24. The molecular weight excluding hydrogens is 356 g/mol. The molecule has 0 spiro atoms. The zero-order valence-corrected chi connectivity index (χ0v) is 15.7. The molecule has 0 saturated heterocycles. The highest BCUT2D eigenvalue weighted by atomic mass is 32.2. The third-order valence-electron chi connectivity index (χ3n) is 3.71. The van der Waals surface area contributed by atoms with E-state index < -0.39 is 16.1 Å². The number of methoxy groups -OCH3 is 2. The van der Waals surface area contributed by atoms with Crippen molar-refractivity contribution in [2.45, 2.75) is 18.2 Å². The SMILES string of the molecule is COc1ccc(CCNC(=O)NS(=O)(=O)c2ccc(C)cc2)cc1OC. The zero-order valence-electron chi connectivity index (χ0n) is 14.9. The molecule has 2 aromatic carbocycles. The maximum Gasteiger partial charge on any atom is 0.328 e. The predicted molar refractivity (Wildman–Crippen MR) is 98.1 cm³/mol. The number of carbonyl (C=O) groups excluding carboxylic acids is 1. The largest absolute Gasteiger partial charge is 0.493 e. The molecule has 0 aliphatic heterocycles. The summed E-state index contributed by atoms with van der Waals surface area (Å²) in [5, 5.41) is 2.53. The number of hydrogen-bond acceptors (Lipinski definition) is 5. The molecule has 8 heteroatoms. The Morgan fingerprint density at radius 2 is 1.65 bits per heavy atom. The van der Waals surface area contributed by atoms with Crippen LogP contribution in [0.3, 0.4) is 0 Å². The lowest BCUT2D eigenvalue weighted by Crippen LogP contribution is -2.40. The molecule has 0 radical (unpaired) electrons. The van der Waals surface area contributed by atoms with E-state index in [-0.39, 0.29) is 11.4 Å². The van der Waals surface area contributed by atoms with E-state index in [0.29, 0.717) is 17.9 Å². The molecule has 0 saturated carbocycles. The molecule has 0 aliphatic carbocycles. The lowest BCUT2D eigenvalue weighted by molar-refractivity contribution is 0.246. The van der Waals surface area contributed by atoms with Crippen LogP contribution in [0.15, 0.2) is 47.4 Å². The van der Waals surface area contributed by atoms with Gasteiger partial charge in [-0.1, -0.05) is 23.8 Å². The molecular formula is C18H22N2O5S. The maximum absolute atomic E-state index is 12.1. The van der Waals surface area contributed by atoms with Crippen LogP contribution < -0.4 is 19.5 Å². The summed E-state index contributed by atoms with van der Waals surface area (Å²) in [5.74, 6) is 1.21. The second-order valence-electron chi connectivity index (χ2n) is 5.61. The van der Waals surface area contributed by atoms with Gasteiger partial charge in [-0.15, -0.1) is 0 Å². The molecule has 2 N–H and O–H groups in total. The number of aryl methyl sites for hydroxylation is 1. The highest BCUT2D eigenvalue weighted by Crippen LogP contribution is 2.27. The van der Waals surface area contributed by atoms with Gasteiger partial charge < -0.3 is 14.8 Å². The van der Waals surface area contributed by atoms with Gasteiger partial charge in [-0.3, -0.25) is 0 Å². The summed E-state index contributed by atoms with van der Waals surface area (Å²) in [5.41, 5.74) is 1.85. The average molecular weight is 378 g/mol. The Bertz CT molecular complexity index is 864. The minimum Gasteiger partial charge on any atom is -0.493 e. The molecule has 26 heavy (non-hydrogen) atoms. The molecule has 0 aromatic heterocycles. The van der Waals surface area contributed by atoms with E-state index in [1.54, 1.807) is 32.4 Å². The van der Waals surface area contributed by atoms with Crippen LogP contribution >= 0.6 is 0 Å². The second kappa shape index (κ2) is 8.57. The molecule has 2 amide bonds. The fourth-order valence-corrected chi connectivity index (χ4v) is 3.22. The Balaban J connectivity index is 1.90. The normalized spacial score (nSPS) is 10.9. The fourth-order valence-electron chi connectivity index (χ4n) is 2.29. The lowest BCUT2D eigenvalue weighted by atomic mass is 10.1. The highest BCUT2D eigenvalue weighted by molar-refractivity contribution is 7.90. The first-order valence-corrected chi connectivity index (χ1v) is 9.42. The Morgan fingerprint density at radius 3 is 2.27 bits per heavy atom. The van der Waals surface area contributed by atoms with Gasteiger partial charge in [-0.25, -0.2) is 17.9 Å². The topological polar surface area (TPSA) is 93.7 Å². The average Bonchev–Trinajstić information content (AvgIpc) is 2.61. The zero-order chi connectivity index (χ0) is 19.2. The summed E-state index contributed by atoms with van der Waals surface area (Å²) in [6, 6.07) is 10.9. The molecule has 0 atom stereocenters. The van der Waals surface area contributed by atoms with Crippen LogP contribution in [0.2, 0.25) is 0 Å². The van der Waals surface area contributed by atoms with Gasteiger partial charge in [-0.2, -0.15) is 0 Å². The van der Waals surface area contributed by atoms with Crippen molar-refractivity contribution in [3.63, 3.8) is 0 Å². The molecule has 7 nitrogen and oxygen atoms in total. The first-order valence-electron chi connectivity index (χ1n) is 7.94. The second-order valence-corrected chi connectivity index (χ2v) is 7.30. The van der Waals surface area contributed by atoms with Gasteiger partial charge in [-0.05, 0) is 43.2 Å². The number of amides is 2. The molecule has 2 aromatic rings. The van der Waals surface area contributed by atoms with Crippen molar-refractivity contribution < 1.29 is 22.7 Å². The van der Waals surface area contributed by atoms with Crippen LogP contribution in [0.25, 0.3) is 0 Å². The Hall–Kier alpha value is -2.74. The van der Waals surface area contributed by atoms with Crippen LogP contribution in [0.1, 0.15) is 11.1 Å². The molecule has 140 valence electrons. The van der Waals surface area contributed by atoms with Gasteiger partial charge in [0.1, 0.15) is 0 Å². The van der Waals surface area contributed by atoms with E-state index >= 15 is 0 Å². The van der Waals surface area contributed by atoms with E-state index in [4.69, 9.17) is 9.47 Å². The first kappa shape index (κ1) is 19.6. The summed E-state index contributed by atoms with van der Waals surface area (Å²) in [4.78, 5) is 11.9. The number of benzene rings is 2. The maximum atomic E-state index is 12.1. The fraction of sp³-hybridized carbons (Fsp3) is 0.278. The van der Waals surface area contributed by atoms with Crippen LogP contribution in [0, 0.1) is 6.92 Å². The van der Waals surface area contributed by atoms with E-state index in [2.05, 4.69) is 5.32 Å². The summed E-state index contributed by atoms with van der Waals surface area (Å²) in [7, 11) is -0.791. The number of carbonyl (C=O) groups is 1. The van der Waals surface area contributed by atoms with E-state index in [0.717, 1.165) is 11.1 Å². The van der Waals surface area contributed by atoms with Crippen molar-refractivity contribution in [3.8, 4) is 11.5 Å². The molecule has 0 unspecified atom stereocenters. The minimum absolute atomic E-state index is 0.0399. The molecule has 0 bridgehead atoms. The quantitative estimate of drug-likeness (QED) is 0.771. The summed E-state index contributed by atoms with van der Waals surface area (Å²) < 4.78 is 36.7. The number of nitrogens with one attached hydrogen (secondary N) is 2. The van der Waals surface area contributed by atoms with Crippen molar-refractivity contribution in [1.82, 2.24) is 10.0 Å². The molecule has 0 fully saturated rings. The van der Waals surface area contributed by atoms with Crippen molar-refractivity contribution in [3.05, 3.63) is 53.6 Å². The number of urea groups is 1. The molecule has 0 heterocycles. The summed E-state index contributed by atoms with van der Waals surface area (Å²) in [6.07, 6.45) is 0.512. The van der Waals surface area contributed by atoms with Gasteiger partial charge >= 0.3 is 6.03 Å². The number of rotatable bonds is 7. The van der Waals surface area contributed by atoms with Gasteiger partial charge in [0.2, 0.25) is 0 Å². The third kappa shape index (κ3) is 5.13. The Morgan fingerprint density at radius 1 is 1.00 bits per heavy atom. The molecule has 0 aliphatic rings. The minimum atomic E-state index is -3.89. The van der Waals surface area contributed by atoms with Gasteiger partial charge in [0, 0.05) is 6.54 Å². The summed E-state index contributed by atoms with van der Waals surface area (Å²) >= 11 is 0. The van der Waals surface area contributed by atoms with Crippen LogP contribution in [-0.2, 0) is 16.4 Å². The standard InChI is InChI=1S/C18H22N2O5S/c1-13-4-7-15(8-5-13)26(22,23)20-18(21)19-11-10-14-6-9-16(24-2)17(12-14)25-3/h4-9,12H,10-11H2,1-3H3,(H2,19,20,21). The van der Waals surface area contributed by atoms with Crippen molar-refractivity contribution in [2.75, 3.05) is 20.8 Å². The number of ether oxygens (including phenoxy) is 2. The van der Waals surface area contributed by atoms with E-state index in [1.165, 1.54) is 12.1 Å². The summed E-state index contributed by atoms with van der Waals surface area (Å²) in [6.45, 7) is 2.12. The van der Waals surface area contributed by atoms with Gasteiger partial charge in [0.25, 0.3) is 10.0 Å². The van der Waals surface area contributed by atoms with E-state index in [9.17, 15) is 13.2 Å². The van der Waals surface area contributed by atoms with Crippen LogP contribution in [-0.4, -0.2) is 35.2 Å². The van der Waals surface area contributed by atoms with Crippen molar-refractivity contribution >= 4 is 16.1 Å². The Labute approximate surface area is 153 Å². The smallest absolute Gasteiger partial charge is 0.328 e. The van der Waals surface area contributed by atoms with Crippen LogP contribution in [0.4, 0.5) is 4.79 Å². The van der Waals surface area contributed by atoms with Gasteiger partial charge in [0.15, 0.2) is 11.5 Å². The highest BCUT2D eigenvalue weighted by Gasteiger charge is 2.17. The number of sulfonamides is 1. The van der Waals surface area contributed by atoms with Gasteiger partial charge in [0.05, 0.1) is 19.1 Å². The van der Waals surface area contributed by atoms with E-state index in [1.807, 2.05) is 23.8 Å². The monoisotopic (exact) mass is 378 g/mol. The van der Waals surface area contributed by atoms with Crippen molar-refractivity contribution in [2.24, 2.45) is 0 Å². The first-order chi connectivity index (χ1) is 12.4. The van der Waals surface area contributed by atoms with Crippen molar-refractivity contribution in [1.29, 1.82) is 0 Å². The van der Waals surface area contributed by atoms with Crippen LogP contribution in [0.5, 0.6) is 11.5 Å².